The van der Waals surface area contributed by atoms with Crippen LogP contribution in [0.5, 0.6) is 0 Å². The highest BCUT2D eigenvalue weighted by molar-refractivity contribution is 7.92. The van der Waals surface area contributed by atoms with Crippen molar-refractivity contribution in [3.63, 3.8) is 0 Å². The van der Waals surface area contributed by atoms with Gasteiger partial charge in [-0.15, -0.1) is 0 Å². The van der Waals surface area contributed by atoms with Crippen LogP contribution in [0.1, 0.15) is 15.9 Å². The van der Waals surface area contributed by atoms with Crippen molar-refractivity contribution in [3.05, 3.63) is 88.9 Å². The standard InChI is InChI=1S/C21H19ClN2O3S/c1-15-14-17(22)10-13-20(15)23-21(25)16-8-11-19(12-9-16)28(26,27)24(2)18-6-4-3-5-7-18/h3-14H,1-2H3,(H,23,25). The highest BCUT2D eigenvalue weighted by Gasteiger charge is 2.21. The molecule has 28 heavy (non-hydrogen) atoms. The van der Waals surface area contributed by atoms with E-state index >= 15 is 0 Å². The molecule has 3 rings (SSSR count). The number of benzene rings is 3. The number of rotatable bonds is 5. The van der Waals surface area contributed by atoms with Crippen LogP contribution in [0.2, 0.25) is 5.02 Å². The third kappa shape index (κ3) is 4.18. The molecule has 1 amide bonds. The SMILES string of the molecule is Cc1cc(Cl)ccc1NC(=O)c1ccc(S(=O)(=O)N(C)c2ccccc2)cc1. The predicted octanol–water partition coefficient (Wildman–Crippen LogP) is 4.73. The highest BCUT2D eigenvalue weighted by atomic mass is 35.5. The topological polar surface area (TPSA) is 66.5 Å². The first-order chi connectivity index (χ1) is 13.3. The first kappa shape index (κ1) is 19.9. The number of halogens is 1. The van der Waals surface area contributed by atoms with Crippen molar-refractivity contribution in [3.8, 4) is 0 Å². The van der Waals surface area contributed by atoms with Gasteiger partial charge in [0.15, 0.2) is 0 Å². The number of aryl methyl sites for hydroxylation is 1. The Morgan fingerprint density at radius 3 is 2.21 bits per heavy atom. The van der Waals surface area contributed by atoms with E-state index in [9.17, 15) is 13.2 Å². The molecule has 0 atom stereocenters. The molecule has 0 fully saturated rings. The lowest BCUT2D eigenvalue weighted by Crippen LogP contribution is -2.26. The molecule has 0 saturated carbocycles. The van der Waals surface area contributed by atoms with E-state index in [0.717, 1.165) is 5.56 Å². The van der Waals surface area contributed by atoms with Gasteiger partial charge in [-0.05, 0) is 67.1 Å². The fourth-order valence-electron chi connectivity index (χ4n) is 2.67. The summed E-state index contributed by atoms with van der Waals surface area (Å²) in [6.07, 6.45) is 0. The zero-order chi connectivity index (χ0) is 20.3. The van der Waals surface area contributed by atoms with Gasteiger partial charge < -0.3 is 5.32 Å². The minimum atomic E-state index is -3.72. The van der Waals surface area contributed by atoms with Crippen LogP contribution < -0.4 is 9.62 Å². The van der Waals surface area contributed by atoms with Crippen molar-refractivity contribution in [2.75, 3.05) is 16.7 Å². The van der Waals surface area contributed by atoms with E-state index in [0.29, 0.717) is 22.0 Å². The molecule has 7 heteroatoms. The molecule has 5 nitrogen and oxygen atoms in total. The number of sulfonamides is 1. The van der Waals surface area contributed by atoms with Crippen LogP contribution in [0.15, 0.2) is 77.7 Å². The lowest BCUT2D eigenvalue weighted by molar-refractivity contribution is 0.102. The fraction of sp³-hybridized carbons (Fsp3) is 0.0952. The van der Waals surface area contributed by atoms with Gasteiger partial charge in [-0.25, -0.2) is 8.42 Å². The van der Waals surface area contributed by atoms with Gasteiger partial charge in [0.1, 0.15) is 0 Å². The quantitative estimate of drug-likeness (QED) is 0.656. The predicted molar refractivity (Wildman–Crippen MR) is 113 cm³/mol. The smallest absolute Gasteiger partial charge is 0.264 e. The maximum Gasteiger partial charge on any atom is 0.264 e. The van der Waals surface area contributed by atoms with Crippen LogP contribution in [-0.2, 0) is 10.0 Å². The van der Waals surface area contributed by atoms with Gasteiger partial charge in [0.05, 0.1) is 10.6 Å². The molecule has 0 radical (unpaired) electrons. The Labute approximate surface area is 169 Å². The molecule has 0 aliphatic rings. The number of para-hydroxylation sites is 1. The lowest BCUT2D eigenvalue weighted by Gasteiger charge is -2.19. The molecule has 0 spiro atoms. The highest BCUT2D eigenvalue weighted by Crippen LogP contribution is 2.23. The first-order valence-electron chi connectivity index (χ1n) is 8.50. The van der Waals surface area contributed by atoms with E-state index in [1.165, 1.54) is 35.6 Å². The van der Waals surface area contributed by atoms with Crippen LogP contribution in [0.25, 0.3) is 0 Å². The van der Waals surface area contributed by atoms with E-state index in [4.69, 9.17) is 11.6 Å². The van der Waals surface area contributed by atoms with Crippen LogP contribution in [0.3, 0.4) is 0 Å². The van der Waals surface area contributed by atoms with Gasteiger partial charge >= 0.3 is 0 Å². The summed E-state index contributed by atoms with van der Waals surface area (Å²) in [6, 6.07) is 19.8. The van der Waals surface area contributed by atoms with Crippen molar-refractivity contribution in [2.45, 2.75) is 11.8 Å². The maximum atomic E-state index is 12.8. The number of nitrogens with zero attached hydrogens (tertiary/aromatic N) is 1. The molecular weight excluding hydrogens is 396 g/mol. The molecule has 3 aromatic carbocycles. The van der Waals surface area contributed by atoms with Gasteiger partial charge in [-0.1, -0.05) is 29.8 Å². The summed E-state index contributed by atoms with van der Waals surface area (Å²) in [5.41, 5.74) is 2.40. The molecule has 0 saturated heterocycles. The van der Waals surface area contributed by atoms with Gasteiger partial charge in [0, 0.05) is 23.3 Å². The number of hydrogen-bond acceptors (Lipinski definition) is 3. The van der Waals surface area contributed by atoms with Crippen LogP contribution in [0.4, 0.5) is 11.4 Å². The summed E-state index contributed by atoms with van der Waals surface area (Å²) in [5.74, 6) is -0.328. The zero-order valence-corrected chi connectivity index (χ0v) is 17.0. The summed E-state index contributed by atoms with van der Waals surface area (Å²) < 4.78 is 26.8. The van der Waals surface area contributed by atoms with Gasteiger partial charge in [-0.2, -0.15) is 0 Å². The van der Waals surface area contributed by atoms with Crippen molar-refractivity contribution in [1.82, 2.24) is 0 Å². The lowest BCUT2D eigenvalue weighted by atomic mass is 10.1. The van der Waals surface area contributed by atoms with Crippen molar-refractivity contribution in [1.29, 1.82) is 0 Å². The van der Waals surface area contributed by atoms with E-state index in [2.05, 4.69) is 5.32 Å². The number of nitrogens with one attached hydrogen (secondary N) is 1. The molecule has 0 heterocycles. The van der Waals surface area contributed by atoms with Crippen LogP contribution in [-0.4, -0.2) is 21.4 Å². The Morgan fingerprint density at radius 1 is 0.964 bits per heavy atom. The molecule has 0 unspecified atom stereocenters. The van der Waals surface area contributed by atoms with Crippen LogP contribution in [0, 0.1) is 6.92 Å². The summed E-state index contributed by atoms with van der Waals surface area (Å²) >= 11 is 5.93. The summed E-state index contributed by atoms with van der Waals surface area (Å²) in [6.45, 7) is 1.84. The molecule has 0 aromatic heterocycles. The average molecular weight is 415 g/mol. The Morgan fingerprint density at radius 2 is 1.61 bits per heavy atom. The normalized spacial score (nSPS) is 11.1. The number of hydrogen-bond donors (Lipinski definition) is 1. The summed E-state index contributed by atoms with van der Waals surface area (Å²) in [5, 5.41) is 3.39. The molecule has 1 N–H and O–H groups in total. The van der Waals surface area contributed by atoms with Gasteiger partial charge in [0.2, 0.25) is 0 Å². The molecule has 0 bridgehead atoms. The van der Waals surface area contributed by atoms with Gasteiger partial charge in [0.25, 0.3) is 15.9 Å². The molecule has 144 valence electrons. The summed E-state index contributed by atoms with van der Waals surface area (Å²) in [4.78, 5) is 12.6. The molecule has 0 aliphatic heterocycles. The van der Waals surface area contributed by atoms with Crippen molar-refractivity contribution >= 4 is 38.9 Å². The van der Waals surface area contributed by atoms with Gasteiger partial charge in [-0.3, -0.25) is 9.10 Å². The Kier molecular flexibility index (Phi) is 5.72. The largest absolute Gasteiger partial charge is 0.322 e. The zero-order valence-electron chi connectivity index (χ0n) is 15.4. The minimum absolute atomic E-state index is 0.109. The second-order valence-corrected chi connectivity index (χ2v) is 8.65. The van der Waals surface area contributed by atoms with Crippen molar-refractivity contribution in [2.24, 2.45) is 0 Å². The second-order valence-electron chi connectivity index (χ2n) is 6.25. The van der Waals surface area contributed by atoms with E-state index in [1.54, 1.807) is 42.5 Å². The monoisotopic (exact) mass is 414 g/mol. The number of anilines is 2. The maximum absolute atomic E-state index is 12.8. The average Bonchev–Trinajstić information content (AvgIpc) is 2.70. The number of carbonyl (C=O) groups excluding carboxylic acids is 1. The Bertz CT molecular complexity index is 1100. The van der Waals surface area contributed by atoms with E-state index in [-0.39, 0.29) is 10.8 Å². The van der Waals surface area contributed by atoms with Crippen molar-refractivity contribution < 1.29 is 13.2 Å². The molecule has 3 aromatic rings. The third-order valence-corrected chi connectivity index (χ3v) is 6.37. The number of carbonyl (C=O) groups is 1. The molecular formula is C21H19ClN2O3S. The fourth-order valence-corrected chi connectivity index (χ4v) is 4.10. The molecule has 0 aliphatic carbocycles. The van der Waals surface area contributed by atoms with E-state index < -0.39 is 10.0 Å². The minimum Gasteiger partial charge on any atom is -0.322 e. The first-order valence-corrected chi connectivity index (χ1v) is 10.3. The second kappa shape index (κ2) is 8.04. The third-order valence-electron chi connectivity index (χ3n) is 4.33. The summed E-state index contributed by atoms with van der Waals surface area (Å²) in [7, 11) is -2.22. The van der Waals surface area contributed by atoms with Crippen LogP contribution >= 0.6 is 11.6 Å². The Balaban J connectivity index is 1.80. The number of amides is 1. The Hall–Kier alpha value is -2.83. The van der Waals surface area contributed by atoms with E-state index in [1.807, 2.05) is 13.0 Å².